The number of methoxy groups -OCH3 is 1. The summed E-state index contributed by atoms with van der Waals surface area (Å²) < 4.78 is 5.41. The van der Waals surface area contributed by atoms with Crippen LogP contribution in [0, 0.1) is 13.8 Å². The molecule has 0 unspecified atom stereocenters. The van der Waals surface area contributed by atoms with Crippen LogP contribution < -0.4 is 10.5 Å². The molecule has 2 N–H and O–H groups in total. The molecule has 0 aliphatic carbocycles. The minimum absolute atomic E-state index is 0.240. The molecule has 0 saturated carbocycles. The normalized spacial score (nSPS) is 10.4. The van der Waals surface area contributed by atoms with Crippen LogP contribution >= 0.6 is 11.6 Å². The molecule has 2 rings (SSSR count). The zero-order chi connectivity index (χ0) is 13.3. The summed E-state index contributed by atoms with van der Waals surface area (Å²) in [6.07, 6.45) is 0. The number of aromatic nitrogens is 2. The van der Waals surface area contributed by atoms with Crippen LogP contribution in [0.15, 0.2) is 18.2 Å². The number of hydrogen-bond donors (Lipinski definition) is 1. The first-order valence-electron chi connectivity index (χ1n) is 5.47. The number of nitrogen functional groups attached to an aromatic ring is 1. The molecule has 0 saturated heterocycles. The summed E-state index contributed by atoms with van der Waals surface area (Å²) in [5, 5.41) is 0.637. The van der Waals surface area contributed by atoms with Gasteiger partial charge in [-0.1, -0.05) is 11.6 Å². The number of hydrogen-bond acceptors (Lipinski definition) is 4. The molecule has 0 spiro atoms. The lowest BCUT2D eigenvalue weighted by atomic mass is 10.1. The maximum Gasteiger partial charge on any atom is 0.220 e. The summed E-state index contributed by atoms with van der Waals surface area (Å²) in [4.78, 5) is 8.28. The van der Waals surface area contributed by atoms with E-state index in [1.54, 1.807) is 7.11 Å². The summed E-state index contributed by atoms with van der Waals surface area (Å²) >= 11 is 6.08. The monoisotopic (exact) mass is 263 g/mol. The van der Waals surface area contributed by atoms with E-state index in [-0.39, 0.29) is 5.95 Å². The quantitative estimate of drug-likeness (QED) is 0.905. The van der Waals surface area contributed by atoms with E-state index in [0.29, 0.717) is 10.7 Å². The van der Waals surface area contributed by atoms with Crippen molar-refractivity contribution in [1.29, 1.82) is 0 Å². The van der Waals surface area contributed by atoms with Crippen LogP contribution in [0.4, 0.5) is 5.95 Å². The summed E-state index contributed by atoms with van der Waals surface area (Å²) in [6, 6.07) is 5.51. The molecule has 0 amide bonds. The molecule has 1 aromatic carbocycles. The molecule has 0 aliphatic rings. The fourth-order valence-corrected chi connectivity index (χ4v) is 2.19. The molecule has 0 radical (unpaired) electrons. The Labute approximate surface area is 111 Å². The number of halogens is 1. The third-order valence-electron chi connectivity index (χ3n) is 2.59. The van der Waals surface area contributed by atoms with Gasteiger partial charge < -0.3 is 10.5 Å². The van der Waals surface area contributed by atoms with Crippen LogP contribution in [0.5, 0.6) is 5.75 Å². The van der Waals surface area contributed by atoms with Gasteiger partial charge in [-0.2, -0.15) is 0 Å². The van der Waals surface area contributed by atoms with Crippen molar-refractivity contribution in [2.75, 3.05) is 12.8 Å². The molecule has 0 fully saturated rings. The van der Waals surface area contributed by atoms with Crippen LogP contribution in [-0.2, 0) is 0 Å². The van der Waals surface area contributed by atoms with Crippen LogP contribution in [-0.4, -0.2) is 17.1 Å². The SMILES string of the molecule is COc1c(C)cc(Cl)cc1-c1cc(C)nc(N)n1. The zero-order valence-corrected chi connectivity index (χ0v) is 11.2. The number of anilines is 1. The van der Waals surface area contributed by atoms with E-state index in [9.17, 15) is 0 Å². The van der Waals surface area contributed by atoms with Crippen molar-refractivity contribution >= 4 is 17.5 Å². The fourth-order valence-electron chi connectivity index (χ4n) is 1.92. The smallest absolute Gasteiger partial charge is 0.220 e. The highest BCUT2D eigenvalue weighted by atomic mass is 35.5. The molecule has 2 aromatic rings. The molecule has 0 bridgehead atoms. The third kappa shape index (κ3) is 2.38. The van der Waals surface area contributed by atoms with E-state index in [1.807, 2.05) is 32.0 Å². The highest BCUT2D eigenvalue weighted by Crippen LogP contribution is 2.35. The van der Waals surface area contributed by atoms with E-state index in [1.165, 1.54) is 0 Å². The number of benzene rings is 1. The number of nitrogens with zero attached hydrogens (tertiary/aromatic N) is 2. The number of ether oxygens (including phenoxy) is 1. The van der Waals surface area contributed by atoms with E-state index in [2.05, 4.69) is 9.97 Å². The minimum atomic E-state index is 0.240. The Kier molecular flexibility index (Phi) is 3.39. The summed E-state index contributed by atoms with van der Waals surface area (Å²) in [5.74, 6) is 0.988. The average Bonchev–Trinajstić information content (AvgIpc) is 2.26. The molecule has 0 atom stereocenters. The second-order valence-electron chi connectivity index (χ2n) is 4.06. The van der Waals surface area contributed by atoms with Crippen molar-refractivity contribution < 1.29 is 4.74 Å². The molecule has 18 heavy (non-hydrogen) atoms. The first-order chi connectivity index (χ1) is 8.51. The van der Waals surface area contributed by atoms with Gasteiger partial charge in [0.15, 0.2) is 0 Å². The predicted molar refractivity (Wildman–Crippen MR) is 72.9 cm³/mol. The Balaban J connectivity index is 2.69. The van der Waals surface area contributed by atoms with Gasteiger partial charge in [0.05, 0.1) is 12.8 Å². The summed E-state index contributed by atoms with van der Waals surface area (Å²) in [5.41, 5.74) is 8.95. The van der Waals surface area contributed by atoms with Crippen LogP contribution in [0.25, 0.3) is 11.3 Å². The van der Waals surface area contributed by atoms with Crippen molar-refractivity contribution in [2.24, 2.45) is 0 Å². The van der Waals surface area contributed by atoms with Crippen molar-refractivity contribution in [3.63, 3.8) is 0 Å². The zero-order valence-electron chi connectivity index (χ0n) is 10.5. The lowest BCUT2D eigenvalue weighted by Gasteiger charge is -2.12. The maximum atomic E-state index is 6.08. The molecule has 1 aromatic heterocycles. The van der Waals surface area contributed by atoms with E-state index < -0.39 is 0 Å². The Bertz CT molecular complexity index is 579. The van der Waals surface area contributed by atoms with E-state index >= 15 is 0 Å². The second-order valence-corrected chi connectivity index (χ2v) is 4.49. The van der Waals surface area contributed by atoms with Gasteiger partial charge in [-0.15, -0.1) is 0 Å². The molecular formula is C13H14ClN3O. The predicted octanol–water partition coefficient (Wildman–Crippen LogP) is 3.00. The van der Waals surface area contributed by atoms with Crippen molar-refractivity contribution in [3.05, 3.63) is 34.5 Å². The highest BCUT2D eigenvalue weighted by Gasteiger charge is 2.12. The van der Waals surface area contributed by atoms with Gasteiger partial charge in [0, 0.05) is 16.3 Å². The lowest BCUT2D eigenvalue weighted by Crippen LogP contribution is -2.00. The highest BCUT2D eigenvalue weighted by molar-refractivity contribution is 6.31. The first kappa shape index (κ1) is 12.6. The van der Waals surface area contributed by atoms with Gasteiger partial charge in [-0.05, 0) is 37.6 Å². The Morgan fingerprint density at radius 1 is 1.17 bits per heavy atom. The summed E-state index contributed by atoms with van der Waals surface area (Å²) in [7, 11) is 1.62. The van der Waals surface area contributed by atoms with E-state index in [4.69, 9.17) is 22.1 Å². The first-order valence-corrected chi connectivity index (χ1v) is 5.84. The maximum absolute atomic E-state index is 6.08. The molecule has 94 valence electrons. The van der Waals surface area contributed by atoms with Crippen LogP contribution in [0.2, 0.25) is 5.02 Å². The van der Waals surface area contributed by atoms with Crippen molar-refractivity contribution in [3.8, 4) is 17.0 Å². The number of rotatable bonds is 2. The largest absolute Gasteiger partial charge is 0.496 e. The lowest BCUT2D eigenvalue weighted by molar-refractivity contribution is 0.413. The van der Waals surface area contributed by atoms with Crippen LogP contribution in [0.1, 0.15) is 11.3 Å². The molecule has 4 nitrogen and oxygen atoms in total. The summed E-state index contributed by atoms with van der Waals surface area (Å²) in [6.45, 7) is 3.80. The van der Waals surface area contributed by atoms with Gasteiger partial charge in [0.25, 0.3) is 0 Å². The topological polar surface area (TPSA) is 61.0 Å². The molecular weight excluding hydrogens is 250 g/mol. The Morgan fingerprint density at radius 3 is 2.50 bits per heavy atom. The van der Waals surface area contributed by atoms with Gasteiger partial charge in [-0.25, -0.2) is 9.97 Å². The Hall–Kier alpha value is -1.81. The third-order valence-corrected chi connectivity index (χ3v) is 2.81. The molecule has 0 aliphatic heterocycles. The molecule has 5 heteroatoms. The second kappa shape index (κ2) is 4.82. The van der Waals surface area contributed by atoms with Crippen molar-refractivity contribution in [1.82, 2.24) is 9.97 Å². The number of aryl methyl sites for hydroxylation is 2. The number of nitrogens with two attached hydrogens (primary N) is 1. The Morgan fingerprint density at radius 2 is 1.89 bits per heavy atom. The fraction of sp³-hybridized carbons (Fsp3) is 0.231. The standard InChI is InChI=1S/C13H14ClN3O/c1-7-4-9(14)6-10(12(7)18-3)11-5-8(2)16-13(15)17-11/h4-6H,1-3H3,(H2,15,16,17). The van der Waals surface area contributed by atoms with Crippen molar-refractivity contribution in [2.45, 2.75) is 13.8 Å². The van der Waals surface area contributed by atoms with Gasteiger partial charge in [0.2, 0.25) is 5.95 Å². The average molecular weight is 264 g/mol. The van der Waals surface area contributed by atoms with E-state index in [0.717, 1.165) is 22.6 Å². The van der Waals surface area contributed by atoms with Gasteiger partial charge in [0.1, 0.15) is 5.75 Å². The minimum Gasteiger partial charge on any atom is -0.496 e. The van der Waals surface area contributed by atoms with Crippen LogP contribution in [0.3, 0.4) is 0 Å². The van der Waals surface area contributed by atoms with Gasteiger partial charge in [-0.3, -0.25) is 0 Å². The van der Waals surface area contributed by atoms with Gasteiger partial charge >= 0.3 is 0 Å². The molecule has 1 heterocycles.